The first-order chi connectivity index (χ1) is 16.4. The van der Waals surface area contributed by atoms with E-state index in [1.165, 1.54) is 25.3 Å². The number of nitrogens with one attached hydrogen (secondary N) is 2. The van der Waals surface area contributed by atoms with Crippen LogP contribution in [0.2, 0.25) is 0 Å². The Labute approximate surface area is 203 Å². The molecule has 1 fully saturated rings. The molecule has 0 saturated heterocycles. The van der Waals surface area contributed by atoms with Crippen molar-refractivity contribution in [1.82, 2.24) is 10.6 Å². The Bertz CT molecular complexity index is 951. The zero-order chi connectivity index (χ0) is 24.5. The molecule has 1 aliphatic carbocycles. The van der Waals surface area contributed by atoms with E-state index in [0.717, 1.165) is 31.2 Å². The van der Waals surface area contributed by atoms with Gasteiger partial charge in [0, 0.05) is 17.2 Å². The number of hydrogen-bond acceptors (Lipinski definition) is 4. The predicted octanol–water partition coefficient (Wildman–Crippen LogP) is 5.44. The summed E-state index contributed by atoms with van der Waals surface area (Å²) < 4.78 is 5.20. The maximum Gasteiger partial charge on any atom is 0.251 e. The van der Waals surface area contributed by atoms with Crippen molar-refractivity contribution in [1.29, 1.82) is 0 Å². The minimum Gasteiger partial charge on any atom is -0.507 e. The number of methoxy groups -OCH3 is 1. The van der Waals surface area contributed by atoms with Crippen molar-refractivity contribution in [3.05, 3.63) is 48.0 Å². The van der Waals surface area contributed by atoms with Crippen LogP contribution in [0.4, 0.5) is 0 Å². The summed E-state index contributed by atoms with van der Waals surface area (Å²) in [5, 5.41) is 16.5. The van der Waals surface area contributed by atoms with Crippen molar-refractivity contribution >= 4 is 11.8 Å². The monoisotopic (exact) mass is 466 g/mol. The fraction of sp³-hybridized carbons (Fsp3) is 0.500. The number of hydrogen-bond donors (Lipinski definition) is 3. The molecule has 0 aromatic heterocycles. The second-order valence-corrected chi connectivity index (χ2v) is 9.42. The highest BCUT2D eigenvalue weighted by Crippen LogP contribution is 2.32. The molecule has 0 aliphatic heterocycles. The number of ether oxygens (including phenoxy) is 1. The molecule has 3 N–H and O–H groups in total. The van der Waals surface area contributed by atoms with Gasteiger partial charge in [0.1, 0.15) is 17.5 Å². The normalized spacial score (nSPS) is 15.9. The molecule has 2 aromatic carbocycles. The van der Waals surface area contributed by atoms with Crippen molar-refractivity contribution in [2.24, 2.45) is 5.92 Å². The number of rotatable bonds is 10. The van der Waals surface area contributed by atoms with Crippen LogP contribution in [-0.4, -0.2) is 36.1 Å². The van der Waals surface area contributed by atoms with Crippen molar-refractivity contribution in [3.8, 4) is 22.6 Å². The van der Waals surface area contributed by atoms with E-state index in [1.807, 2.05) is 31.2 Å². The fourth-order valence-electron chi connectivity index (χ4n) is 4.76. The quantitative estimate of drug-likeness (QED) is 0.435. The summed E-state index contributed by atoms with van der Waals surface area (Å²) in [5.41, 5.74) is 1.74. The van der Waals surface area contributed by atoms with Crippen LogP contribution in [-0.2, 0) is 4.79 Å². The van der Waals surface area contributed by atoms with Crippen LogP contribution in [0.15, 0.2) is 42.5 Å². The second-order valence-electron chi connectivity index (χ2n) is 9.42. The molecular formula is C28H38N2O4. The van der Waals surface area contributed by atoms with Crippen molar-refractivity contribution in [3.63, 3.8) is 0 Å². The van der Waals surface area contributed by atoms with Gasteiger partial charge in [0.25, 0.3) is 5.91 Å². The zero-order valence-electron chi connectivity index (χ0n) is 20.6. The van der Waals surface area contributed by atoms with Crippen molar-refractivity contribution in [2.45, 2.75) is 77.3 Å². The molecule has 6 nitrogen and oxygen atoms in total. The molecule has 1 aliphatic rings. The minimum absolute atomic E-state index is 0.0682. The number of benzene rings is 2. The van der Waals surface area contributed by atoms with Gasteiger partial charge in [0.2, 0.25) is 5.91 Å². The molecule has 0 bridgehead atoms. The highest BCUT2D eigenvalue weighted by atomic mass is 16.5. The molecule has 2 aromatic rings. The van der Waals surface area contributed by atoms with Gasteiger partial charge in [-0.25, -0.2) is 0 Å². The number of amides is 2. The standard InChI is InChI=1S/C28H38N2O4/c1-4-8-19(2)29-28(33)25(17-20-9-6-5-7-10-20)30-27(32)22-13-16-26(31)24(18-22)21-11-14-23(34-3)15-12-21/h11-16,18-20,25,31H,4-10,17H2,1-3H3,(H,29,33)(H,30,32)/t19?,25-/m0/s1. The molecule has 184 valence electrons. The molecule has 6 heteroatoms. The van der Waals surface area contributed by atoms with Gasteiger partial charge in [-0.2, -0.15) is 0 Å². The van der Waals surface area contributed by atoms with E-state index in [2.05, 4.69) is 17.6 Å². The molecule has 0 heterocycles. The summed E-state index contributed by atoms with van der Waals surface area (Å²) in [6, 6.07) is 11.6. The zero-order valence-corrected chi connectivity index (χ0v) is 20.6. The molecule has 2 atom stereocenters. The summed E-state index contributed by atoms with van der Waals surface area (Å²) >= 11 is 0. The topological polar surface area (TPSA) is 87.7 Å². The summed E-state index contributed by atoms with van der Waals surface area (Å²) in [6.07, 6.45) is 8.36. The first kappa shape index (κ1) is 25.6. The summed E-state index contributed by atoms with van der Waals surface area (Å²) in [4.78, 5) is 26.3. The smallest absolute Gasteiger partial charge is 0.251 e. The molecule has 0 spiro atoms. The van der Waals surface area contributed by atoms with Crippen LogP contribution < -0.4 is 15.4 Å². The molecule has 2 amide bonds. The minimum atomic E-state index is -0.576. The van der Waals surface area contributed by atoms with E-state index < -0.39 is 6.04 Å². The van der Waals surface area contributed by atoms with E-state index in [0.29, 0.717) is 29.2 Å². The SMILES string of the molecule is CCCC(C)NC(=O)[C@H](CC1CCCCC1)NC(=O)c1ccc(O)c(-c2ccc(OC)cc2)c1. The molecule has 34 heavy (non-hydrogen) atoms. The van der Waals surface area contributed by atoms with Crippen LogP contribution in [0, 0.1) is 5.92 Å². The third-order valence-corrected chi connectivity index (χ3v) is 6.69. The van der Waals surface area contributed by atoms with E-state index in [4.69, 9.17) is 4.74 Å². The number of carbonyl (C=O) groups is 2. The van der Waals surface area contributed by atoms with Crippen LogP contribution in [0.25, 0.3) is 11.1 Å². The fourth-order valence-corrected chi connectivity index (χ4v) is 4.76. The Morgan fingerprint density at radius 2 is 1.76 bits per heavy atom. The van der Waals surface area contributed by atoms with Gasteiger partial charge in [0.15, 0.2) is 0 Å². The largest absolute Gasteiger partial charge is 0.507 e. The molecule has 1 unspecified atom stereocenters. The summed E-state index contributed by atoms with van der Waals surface area (Å²) in [5.74, 6) is 0.821. The summed E-state index contributed by atoms with van der Waals surface area (Å²) in [6.45, 7) is 4.09. The average molecular weight is 467 g/mol. The van der Waals surface area contributed by atoms with Gasteiger partial charge < -0.3 is 20.5 Å². The Morgan fingerprint density at radius 3 is 2.41 bits per heavy atom. The van der Waals surface area contributed by atoms with Gasteiger partial charge in [-0.1, -0.05) is 57.6 Å². The van der Waals surface area contributed by atoms with Crippen LogP contribution in [0.1, 0.15) is 75.6 Å². The number of aromatic hydroxyl groups is 1. The average Bonchev–Trinajstić information content (AvgIpc) is 2.84. The maximum absolute atomic E-state index is 13.2. The third-order valence-electron chi connectivity index (χ3n) is 6.69. The van der Waals surface area contributed by atoms with Crippen LogP contribution in [0.5, 0.6) is 11.5 Å². The van der Waals surface area contributed by atoms with E-state index in [-0.39, 0.29) is 23.6 Å². The lowest BCUT2D eigenvalue weighted by molar-refractivity contribution is -0.124. The Hall–Kier alpha value is -3.02. The highest BCUT2D eigenvalue weighted by Gasteiger charge is 2.27. The number of phenolic OH excluding ortho intramolecular Hbond substituents is 1. The summed E-state index contributed by atoms with van der Waals surface area (Å²) in [7, 11) is 1.60. The molecule has 1 saturated carbocycles. The van der Waals surface area contributed by atoms with E-state index in [1.54, 1.807) is 19.2 Å². The highest BCUT2D eigenvalue weighted by molar-refractivity contribution is 5.99. The van der Waals surface area contributed by atoms with Gasteiger partial charge in [0.05, 0.1) is 7.11 Å². The number of phenols is 1. The first-order valence-corrected chi connectivity index (χ1v) is 12.5. The first-order valence-electron chi connectivity index (χ1n) is 12.5. The molecule has 3 rings (SSSR count). The maximum atomic E-state index is 13.2. The lowest BCUT2D eigenvalue weighted by Gasteiger charge is -2.27. The predicted molar refractivity (Wildman–Crippen MR) is 135 cm³/mol. The van der Waals surface area contributed by atoms with Crippen molar-refractivity contribution < 1.29 is 19.4 Å². The lowest BCUT2D eigenvalue weighted by Crippen LogP contribution is -2.50. The molecular weight excluding hydrogens is 428 g/mol. The van der Waals surface area contributed by atoms with Crippen molar-refractivity contribution in [2.75, 3.05) is 7.11 Å². The molecule has 0 radical (unpaired) electrons. The third kappa shape index (κ3) is 6.99. The number of carbonyl (C=O) groups excluding carboxylic acids is 2. The second kappa shape index (κ2) is 12.4. The van der Waals surface area contributed by atoms with Gasteiger partial charge >= 0.3 is 0 Å². The van der Waals surface area contributed by atoms with Gasteiger partial charge in [-0.3, -0.25) is 9.59 Å². The lowest BCUT2D eigenvalue weighted by atomic mass is 9.84. The Morgan fingerprint density at radius 1 is 1.06 bits per heavy atom. The van der Waals surface area contributed by atoms with Crippen LogP contribution in [0.3, 0.4) is 0 Å². The van der Waals surface area contributed by atoms with Crippen LogP contribution >= 0.6 is 0 Å². The Balaban J connectivity index is 1.78. The van der Waals surface area contributed by atoms with E-state index >= 15 is 0 Å². The van der Waals surface area contributed by atoms with E-state index in [9.17, 15) is 14.7 Å². The van der Waals surface area contributed by atoms with Gasteiger partial charge in [-0.05, 0) is 61.6 Å². The Kier molecular flexibility index (Phi) is 9.37. The van der Waals surface area contributed by atoms with Gasteiger partial charge in [-0.15, -0.1) is 0 Å².